The van der Waals surface area contributed by atoms with Crippen molar-refractivity contribution in [2.45, 2.75) is 89.1 Å². The second kappa shape index (κ2) is 16.6. The molecule has 3 rings (SSSR count). The van der Waals surface area contributed by atoms with E-state index in [0.717, 1.165) is 24.9 Å². The molecule has 39 heavy (non-hydrogen) atoms. The largest absolute Gasteiger partial charge is 0.508 e. The van der Waals surface area contributed by atoms with Gasteiger partial charge in [0.2, 0.25) is 11.1 Å². The number of nitrogens with one attached hydrogen (secondary N) is 1. The highest BCUT2D eigenvalue weighted by molar-refractivity contribution is 7.80. The lowest BCUT2D eigenvalue weighted by atomic mass is 10.0. The van der Waals surface area contributed by atoms with Gasteiger partial charge in [-0.25, -0.2) is 4.21 Å². The molecule has 0 saturated carbocycles. The van der Waals surface area contributed by atoms with E-state index in [4.69, 9.17) is 8.92 Å². The lowest BCUT2D eigenvalue weighted by Gasteiger charge is -2.19. The summed E-state index contributed by atoms with van der Waals surface area (Å²) in [6, 6.07) is 20.7. The zero-order valence-electron chi connectivity index (χ0n) is 23.1. The van der Waals surface area contributed by atoms with Crippen molar-refractivity contribution < 1.29 is 23.0 Å². The minimum Gasteiger partial charge on any atom is -0.508 e. The second-order valence-electron chi connectivity index (χ2n) is 9.69. The summed E-state index contributed by atoms with van der Waals surface area (Å²) in [5, 5.41) is 12.4. The number of hydrogen-bond acceptors (Lipinski definition) is 5. The van der Waals surface area contributed by atoms with E-state index in [0.29, 0.717) is 22.8 Å². The molecule has 0 aliphatic rings. The predicted octanol–water partition coefficient (Wildman–Crippen LogP) is 7.97. The van der Waals surface area contributed by atoms with Crippen LogP contribution in [0.15, 0.2) is 77.7 Å². The number of hydrogen-bond donors (Lipinski definition) is 2. The second-order valence-corrected chi connectivity index (χ2v) is 10.8. The molecule has 0 bridgehead atoms. The van der Waals surface area contributed by atoms with E-state index in [1.807, 2.05) is 24.3 Å². The standard InChI is InChI=1S/C32H41NO5S/c1-3-5-6-7-8-9-10-11-12-31(32(35)33-26-15-13-25(4-2)14-16-26)37-28-19-21-29(22-20-28)38-39(36)30-23-17-27(34)18-24-30/h13-24,31,34H,3-12H2,1-2H3,(H,33,35). The Morgan fingerprint density at radius 2 is 1.38 bits per heavy atom. The van der Waals surface area contributed by atoms with Gasteiger partial charge < -0.3 is 19.3 Å². The molecule has 210 valence electrons. The summed E-state index contributed by atoms with van der Waals surface area (Å²) in [4.78, 5) is 13.6. The summed E-state index contributed by atoms with van der Waals surface area (Å²) >= 11 is -1.72. The maximum absolute atomic E-state index is 13.2. The van der Waals surface area contributed by atoms with Crippen LogP contribution >= 0.6 is 0 Å². The van der Waals surface area contributed by atoms with Gasteiger partial charge in [0, 0.05) is 5.69 Å². The van der Waals surface area contributed by atoms with Crippen molar-refractivity contribution in [3.63, 3.8) is 0 Å². The zero-order chi connectivity index (χ0) is 27.9. The molecular formula is C32H41NO5S. The highest BCUT2D eigenvalue weighted by Crippen LogP contribution is 2.24. The van der Waals surface area contributed by atoms with Crippen LogP contribution in [0.2, 0.25) is 0 Å². The Labute approximate surface area is 235 Å². The van der Waals surface area contributed by atoms with Crippen molar-refractivity contribution in [1.29, 1.82) is 0 Å². The quantitative estimate of drug-likeness (QED) is 0.166. The molecule has 2 atom stereocenters. The third kappa shape index (κ3) is 10.8. The van der Waals surface area contributed by atoms with Gasteiger partial charge in [0.1, 0.15) is 17.2 Å². The molecule has 0 radical (unpaired) electrons. The summed E-state index contributed by atoms with van der Waals surface area (Å²) in [5.74, 6) is 0.879. The summed E-state index contributed by atoms with van der Waals surface area (Å²) < 4.78 is 24.1. The fourth-order valence-electron chi connectivity index (χ4n) is 4.18. The smallest absolute Gasteiger partial charge is 0.265 e. The lowest BCUT2D eigenvalue weighted by molar-refractivity contribution is -0.123. The number of phenolic OH excluding ortho intramolecular Hbond substituents is 1. The number of aromatic hydroxyl groups is 1. The Morgan fingerprint density at radius 1 is 0.795 bits per heavy atom. The number of benzene rings is 3. The molecule has 0 aromatic heterocycles. The first kappa shape index (κ1) is 30.2. The fraction of sp³-hybridized carbons (Fsp3) is 0.406. The molecule has 3 aromatic carbocycles. The number of anilines is 1. The molecule has 0 spiro atoms. The Kier molecular flexibility index (Phi) is 12.9. The van der Waals surface area contributed by atoms with Gasteiger partial charge in [-0.3, -0.25) is 4.79 Å². The van der Waals surface area contributed by atoms with Gasteiger partial charge >= 0.3 is 0 Å². The number of ether oxygens (including phenoxy) is 1. The van der Waals surface area contributed by atoms with Crippen LogP contribution in [0, 0.1) is 0 Å². The van der Waals surface area contributed by atoms with E-state index in [-0.39, 0.29) is 11.7 Å². The molecule has 0 saturated heterocycles. The highest BCUT2D eigenvalue weighted by atomic mass is 32.2. The number of carbonyl (C=O) groups is 1. The first-order chi connectivity index (χ1) is 19.0. The van der Waals surface area contributed by atoms with E-state index >= 15 is 0 Å². The van der Waals surface area contributed by atoms with Gasteiger partial charge in [-0.2, -0.15) is 0 Å². The molecule has 0 aliphatic heterocycles. The molecule has 0 fully saturated rings. The van der Waals surface area contributed by atoms with Crippen molar-refractivity contribution in [3.05, 3.63) is 78.4 Å². The van der Waals surface area contributed by atoms with E-state index in [1.165, 1.54) is 56.2 Å². The summed E-state index contributed by atoms with van der Waals surface area (Å²) in [6.45, 7) is 4.32. The molecule has 2 N–H and O–H groups in total. The Morgan fingerprint density at radius 3 is 2.00 bits per heavy atom. The van der Waals surface area contributed by atoms with Gasteiger partial charge in [0.05, 0.1) is 4.90 Å². The van der Waals surface area contributed by atoms with Gasteiger partial charge in [0.15, 0.2) is 6.10 Å². The van der Waals surface area contributed by atoms with Crippen molar-refractivity contribution in [1.82, 2.24) is 0 Å². The summed E-state index contributed by atoms with van der Waals surface area (Å²) in [6.07, 6.45) is 10.4. The first-order valence-electron chi connectivity index (χ1n) is 14.0. The van der Waals surface area contributed by atoms with Crippen LogP contribution in [0.3, 0.4) is 0 Å². The topological polar surface area (TPSA) is 84.9 Å². The number of phenols is 1. The molecule has 7 heteroatoms. The minimum atomic E-state index is -1.72. The van der Waals surface area contributed by atoms with Crippen LogP contribution in [0.1, 0.15) is 77.2 Å². The molecular weight excluding hydrogens is 510 g/mol. The average Bonchev–Trinajstić information content (AvgIpc) is 2.95. The number of rotatable bonds is 17. The van der Waals surface area contributed by atoms with Crippen LogP contribution in [0.4, 0.5) is 5.69 Å². The number of carbonyl (C=O) groups excluding carboxylic acids is 1. The lowest BCUT2D eigenvalue weighted by Crippen LogP contribution is -2.33. The fourth-order valence-corrected chi connectivity index (χ4v) is 4.92. The van der Waals surface area contributed by atoms with Gasteiger partial charge in [0.25, 0.3) is 5.91 Å². The number of unbranched alkanes of at least 4 members (excludes halogenated alkanes) is 7. The molecule has 3 aromatic rings. The Bertz CT molecular complexity index is 1150. The maximum atomic E-state index is 13.2. The molecule has 1 amide bonds. The van der Waals surface area contributed by atoms with Gasteiger partial charge in [-0.1, -0.05) is 70.9 Å². The molecule has 0 aliphatic carbocycles. The van der Waals surface area contributed by atoms with Crippen molar-refractivity contribution in [2.75, 3.05) is 5.32 Å². The summed E-state index contributed by atoms with van der Waals surface area (Å²) in [7, 11) is 0. The Balaban J connectivity index is 1.58. The SMILES string of the molecule is CCCCCCCCCCC(Oc1ccc(OS(=O)c2ccc(O)cc2)cc1)C(=O)Nc1ccc(CC)cc1. The zero-order valence-corrected chi connectivity index (χ0v) is 23.9. The number of aryl methyl sites for hydroxylation is 1. The minimum absolute atomic E-state index is 0.0980. The highest BCUT2D eigenvalue weighted by Gasteiger charge is 2.21. The molecule has 2 unspecified atom stereocenters. The predicted molar refractivity (Wildman–Crippen MR) is 158 cm³/mol. The number of amides is 1. The van der Waals surface area contributed by atoms with Crippen molar-refractivity contribution in [2.24, 2.45) is 0 Å². The normalized spacial score (nSPS) is 12.5. The summed E-state index contributed by atoms with van der Waals surface area (Å²) in [5.41, 5.74) is 1.97. The Hall–Kier alpha value is -3.32. The monoisotopic (exact) mass is 551 g/mol. The first-order valence-corrected chi connectivity index (χ1v) is 15.1. The third-order valence-electron chi connectivity index (χ3n) is 6.55. The van der Waals surface area contributed by atoms with E-state index < -0.39 is 17.2 Å². The van der Waals surface area contributed by atoms with E-state index in [1.54, 1.807) is 36.4 Å². The van der Waals surface area contributed by atoms with Crippen molar-refractivity contribution >= 4 is 22.7 Å². The molecule has 0 heterocycles. The van der Waals surface area contributed by atoms with Crippen LogP contribution < -0.4 is 14.2 Å². The molecule has 6 nitrogen and oxygen atoms in total. The van der Waals surface area contributed by atoms with E-state index in [2.05, 4.69) is 19.2 Å². The van der Waals surface area contributed by atoms with Crippen LogP contribution in [0.5, 0.6) is 17.2 Å². The van der Waals surface area contributed by atoms with Crippen LogP contribution in [-0.2, 0) is 22.3 Å². The van der Waals surface area contributed by atoms with Crippen molar-refractivity contribution in [3.8, 4) is 17.2 Å². The van der Waals surface area contributed by atoms with Crippen LogP contribution in [0.25, 0.3) is 0 Å². The average molecular weight is 552 g/mol. The van der Waals surface area contributed by atoms with Gasteiger partial charge in [-0.05, 0) is 85.5 Å². The van der Waals surface area contributed by atoms with Gasteiger partial charge in [-0.15, -0.1) is 0 Å². The van der Waals surface area contributed by atoms with Crippen LogP contribution in [-0.4, -0.2) is 21.3 Å². The maximum Gasteiger partial charge on any atom is 0.265 e. The van der Waals surface area contributed by atoms with E-state index in [9.17, 15) is 14.1 Å². The third-order valence-corrected chi connectivity index (χ3v) is 7.55.